The molecule has 0 saturated heterocycles. The van der Waals surface area contributed by atoms with Gasteiger partial charge in [-0.2, -0.15) is 0 Å². The summed E-state index contributed by atoms with van der Waals surface area (Å²) in [5, 5.41) is 0. The molecular formula is C30H33NO4. The third-order valence-corrected chi connectivity index (χ3v) is 6.71. The number of hydrogen-bond donors (Lipinski definition) is 0. The summed E-state index contributed by atoms with van der Waals surface area (Å²) >= 11 is 0. The van der Waals surface area contributed by atoms with E-state index >= 15 is 0 Å². The van der Waals surface area contributed by atoms with Crippen molar-refractivity contribution in [3.63, 3.8) is 0 Å². The molecule has 5 unspecified atom stereocenters. The minimum absolute atomic E-state index is 0.0160. The quantitative estimate of drug-likeness (QED) is 0.387. The van der Waals surface area contributed by atoms with Crippen molar-refractivity contribution in [2.75, 3.05) is 6.61 Å². The maximum atomic E-state index is 6.60. The van der Waals surface area contributed by atoms with Gasteiger partial charge in [-0.15, -0.1) is 0 Å². The number of hydrogen-bond acceptors (Lipinski definition) is 5. The Morgan fingerprint density at radius 2 is 1.23 bits per heavy atom. The molecule has 0 radical (unpaired) electrons. The minimum Gasteiger partial charge on any atom is -0.476 e. The van der Waals surface area contributed by atoms with Crippen LogP contribution in [0.25, 0.3) is 0 Å². The number of benzene rings is 3. The summed E-state index contributed by atoms with van der Waals surface area (Å²) in [6.07, 6.45) is 0.428. The minimum atomic E-state index is -0.222. The Bertz CT molecular complexity index is 1070. The van der Waals surface area contributed by atoms with Crippen molar-refractivity contribution in [2.45, 2.75) is 57.5 Å². The van der Waals surface area contributed by atoms with Gasteiger partial charge in [0.05, 0.1) is 32.5 Å². The van der Waals surface area contributed by atoms with Crippen LogP contribution in [-0.4, -0.2) is 36.9 Å². The van der Waals surface area contributed by atoms with Crippen LogP contribution in [0, 0.1) is 5.92 Å². The SMILES string of the molecule is CC1=NC2C(CC(COCc3ccccc3)C(OCc3ccccc3)C2OCc2ccccc2)O1. The van der Waals surface area contributed by atoms with E-state index in [0.29, 0.717) is 26.4 Å². The Labute approximate surface area is 207 Å². The summed E-state index contributed by atoms with van der Waals surface area (Å²) in [4.78, 5) is 4.82. The number of rotatable bonds is 10. The number of fused-ring (bicyclic) bond motifs is 1. The second kappa shape index (κ2) is 11.6. The van der Waals surface area contributed by atoms with E-state index in [1.807, 2.05) is 61.5 Å². The van der Waals surface area contributed by atoms with E-state index in [-0.39, 0.29) is 30.3 Å². The molecule has 1 fully saturated rings. The van der Waals surface area contributed by atoms with Crippen LogP contribution in [-0.2, 0) is 38.8 Å². The fraction of sp³-hybridized carbons (Fsp3) is 0.367. The molecule has 0 bridgehead atoms. The highest BCUT2D eigenvalue weighted by Gasteiger charge is 2.50. The Kier molecular flexibility index (Phi) is 7.89. The van der Waals surface area contributed by atoms with Crippen LogP contribution >= 0.6 is 0 Å². The molecule has 35 heavy (non-hydrogen) atoms. The molecule has 1 heterocycles. The van der Waals surface area contributed by atoms with Gasteiger partial charge in [-0.25, -0.2) is 4.99 Å². The molecule has 1 saturated carbocycles. The Morgan fingerprint density at radius 3 is 1.80 bits per heavy atom. The molecule has 5 rings (SSSR count). The van der Waals surface area contributed by atoms with Crippen molar-refractivity contribution in [2.24, 2.45) is 10.9 Å². The fourth-order valence-electron chi connectivity index (χ4n) is 5.00. The zero-order chi connectivity index (χ0) is 23.9. The molecule has 0 aromatic heterocycles. The standard InChI is InChI=1S/C30H33NO4/c1-22-31-28-27(35-22)17-26(21-32-18-23-11-5-2-6-12-23)29(33-19-24-13-7-3-8-14-24)30(28)34-20-25-15-9-4-10-16-25/h2-16,26-30H,17-21H2,1H3. The lowest BCUT2D eigenvalue weighted by Gasteiger charge is -2.42. The van der Waals surface area contributed by atoms with E-state index in [0.717, 1.165) is 29.0 Å². The first-order chi connectivity index (χ1) is 17.3. The van der Waals surface area contributed by atoms with Gasteiger partial charge >= 0.3 is 0 Å². The maximum Gasteiger partial charge on any atom is 0.180 e. The van der Waals surface area contributed by atoms with Gasteiger partial charge in [0.2, 0.25) is 0 Å². The van der Waals surface area contributed by atoms with Gasteiger partial charge in [-0.05, 0) is 23.1 Å². The molecule has 182 valence electrons. The topological polar surface area (TPSA) is 49.3 Å². The fourth-order valence-corrected chi connectivity index (χ4v) is 5.00. The summed E-state index contributed by atoms with van der Waals surface area (Å²) in [7, 11) is 0. The lowest BCUT2D eigenvalue weighted by atomic mass is 9.79. The third-order valence-electron chi connectivity index (χ3n) is 6.71. The monoisotopic (exact) mass is 471 g/mol. The summed E-state index contributed by atoms with van der Waals surface area (Å²) < 4.78 is 25.5. The summed E-state index contributed by atoms with van der Waals surface area (Å²) in [6.45, 7) is 4.10. The van der Waals surface area contributed by atoms with Crippen molar-refractivity contribution < 1.29 is 18.9 Å². The normalized spacial score (nSPS) is 25.5. The highest BCUT2D eigenvalue weighted by molar-refractivity contribution is 5.75. The summed E-state index contributed by atoms with van der Waals surface area (Å²) in [5.41, 5.74) is 3.44. The second-order valence-electron chi connectivity index (χ2n) is 9.31. The van der Waals surface area contributed by atoms with Crippen LogP contribution in [0.3, 0.4) is 0 Å². The van der Waals surface area contributed by atoms with E-state index in [1.165, 1.54) is 0 Å². The predicted octanol–water partition coefficient (Wildman–Crippen LogP) is 5.58. The molecule has 0 N–H and O–H groups in total. The van der Waals surface area contributed by atoms with Crippen LogP contribution in [0.15, 0.2) is 96.0 Å². The lowest BCUT2D eigenvalue weighted by Crippen LogP contribution is -2.55. The first-order valence-corrected chi connectivity index (χ1v) is 12.4. The third kappa shape index (κ3) is 6.17. The van der Waals surface area contributed by atoms with Crippen LogP contribution in [0.2, 0.25) is 0 Å². The summed E-state index contributed by atoms with van der Waals surface area (Å²) in [6, 6.07) is 30.7. The van der Waals surface area contributed by atoms with Crippen LogP contribution < -0.4 is 0 Å². The molecular weight excluding hydrogens is 438 g/mol. The van der Waals surface area contributed by atoms with E-state index in [4.69, 9.17) is 23.9 Å². The Balaban J connectivity index is 1.34. The van der Waals surface area contributed by atoms with Crippen molar-refractivity contribution in [1.29, 1.82) is 0 Å². The molecule has 0 amide bonds. The highest BCUT2D eigenvalue weighted by Crippen LogP contribution is 2.37. The first kappa shape index (κ1) is 23.7. The molecule has 5 heteroatoms. The van der Waals surface area contributed by atoms with Gasteiger partial charge in [-0.3, -0.25) is 0 Å². The second-order valence-corrected chi connectivity index (χ2v) is 9.31. The van der Waals surface area contributed by atoms with E-state index in [9.17, 15) is 0 Å². The summed E-state index contributed by atoms with van der Waals surface area (Å²) in [5.74, 6) is 0.853. The van der Waals surface area contributed by atoms with E-state index in [2.05, 4.69) is 36.4 Å². The Morgan fingerprint density at radius 1 is 0.714 bits per heavy atom. The first-order valence-electron chi connectivity index (χ1n) is 12.4. The number of nitrogens with zero attached hydrogens (tertiary/aromatic N) is 1. The zero-order valence-corrected chi connectivity index (χ0v) is 20.2. The number of aliphatic imine (C=N–C) groups is 1. The molecule has 0 spiro atoms. The smallest absolute Gasteiger partial charge is 0.180 e. The maximum absolute atomic E-state index is 6.60. The largest absolute Gasteiger partial charge is 0.476 e. The molecule has 1 aliphatic heterocycles. The number of ether oxygens (including phenoxy) is 4. The molecule has 2 aliphatic rings. The van der Waals surface area contributed by atoms with Crippen molar-refractivity contribution >= 4 is 5.90 Å². The highest BCUT2D eigenvalue weighted by atomic mass is 16.6. The van der Waals surface area contributed by atoms with Crippen LogP contribution in [0.1, 0.15) is 30.0 Å². The van der Waals surface area contributed by atoms with E-state index in [1.54, 1.807) is 0 Å². The lowest BCUT2D eigenvalue weighted by molar-refractivity contribution is -0.162. The molecule has 3 aromatic carbocycles. The van der Waals surface area contributed by atoms with Gasteiger partial charge in [0, 0.05) is 12.8 Å². The molecule has 3 aromatic rings. The average molecular weight is 472 g/mol. The van der Waals surface area contributed by atoms with Gasteiger partial charge in [0.15, 0.2) is 5.90 Å². The molecule has 1 aliphatic carbocycles. The van der Waals surface area contributed by atoms with Gasteiger partial charge in [0.25, 0.3) is 0 Å². The predicted molar refractivity (Wildman–Crippen MR) is 136 cm³/mol. The van der Waals surface area contributed by atoms with E-state index < -0.39 is 0 Å². The van der Waals surface area contributed by atoms with Crippen LogP contribution in [0.5, 0.6) is 0 Å². The van der Waals surface area contributed by atoms with Crippen molar-refractivity contribution in [1.82, 2.24) is 0 Å². The van der Waals surface area contributed by atoms with Crippen LogP contribution in [0.4, 0.5) is 0 Å². The zero-order valence-electron chi connectivity index (χ0n) is 20.2. The van der Waals surface area contributed by atoms with Gasteiger partial charge in [-0.1, -0.05) is 91.0 Å². The van der Waals surface area contributed by atoms with Crippen molar-refractivity contribution in [3.8, 4) is 0 Å². The molecule has 5 nitrogen and oxygen atoms in total. The van der Waals surface area contributed by atoms with Gasteiger partial charge < -0.3 is 18.9 Å². The van der Waals surface area contributed by atoms with Gasteiger partial charge in [0.1, 0.15) is 18.2 Å². The van der Waals surface area contributed by atoms with Crippen molar-refractivity contribution in [3.05, 3.63) is 108 Å². The molecule has 5 atom stereocenters. The Hall–Kier alpha value is -2.99. The average Bonchev–Trinajstić information content (AvgIpc) is 3.28.